The summed E-state index contributed by atoms with van der Waals surface area (Å²) in [6.45, 7) is 0. The van der Waals surface area contributed by atoms with Crippen LogP contribution < -0.4 is 5.73 Å². The highest BCUT2D eigenvalue weighted by Crippen LogP contribution is 2.30. The van der Waals surface area contributed by atoms with Gasteiger partial charge >= 0.3 is 0 Å². The van der Waals surface area contributed by atoms with Gasteiger partial charge in [-0.2, -0.15) is 0 Å². The van der Waals surface area contributed by atoms with Crippen LogP contribution in [0.4, 0.5) is 0 Å². The number of thiocarbonyl (C=S) groups is 1. The van der Waals surface area contributed by atoms with Crippen molar-refractivity contribution in [1.82, 2.24) is 4.57 Å². The van der Waals surface area contributed by atoms with E-state index < -0.39 is 0 Å². The maximum Gasteiger partial charge on any atom is 0.104 e. The van der Waals surface area contributed by atoms with Crippen molar-refractivity contribution in [2.24, 2.45) is 12.8 Å². The van der Waals surface area contributed by atoms with Crippen LogP contribution in [0, 0.1) is 0 Å². The van der Waals surface area contributed by atoms with Crippen molar-refractivity contribution < 1.29 is 0 Å². The van der Waals surface area contributed by atoms with Gasteiger partial charge in [0.05, 0.1) is 0 Å². The Kier molecular flexibility index (Phi) is 2.84. The van der Waals surface area contributed by atoms with E-state index in [2.05, 4.69) is 48.1 Å². The van der Waals surface area contributed by atoms with Gasteiger partial charge in [-0.25, -0.2) is 0 Å². The molecule has 0 saturated heterocycles. The smallest absolute Gasteiger partial charge is 0.104 e. The second-order valence-corrected chi connectivity index (χ2v) is 5.06. The Morgan fingerprint density at radius 3 is 2.68 bits per heavy atom. The number of aryl methyl sites for hydroxylation is 1. The first-order valence-corrected chi connectivity index (χ1v) is 6.52. The minimum Gasteiger partial charge on any atom is -0.389 e. The first-order valence-electron chi connectivity index (χ1n) is 6.11. The van der Waals surface area contributed by atoms with E-state index in [-0.39, 0.29) is 0 Å². The van der Waals surface area contributed by atoms with Gasteiger partial charge in [0.25, 0.3) is 0 Å². The first-order chi connectivity index (χ1) is 9.16. The fourth-order valence-corrected chi connectivity index (χ4v) is 2.54. The van der Waals surface area contributed by atoms with Crippen LogP contribution in [0.5, 0.6) is 0 Å². The summed E-state index contributed by atoms with van der Waals surface area (Å²) in [7, 11) is 2.06. The van der Waals surface area contributed by atoms with Crippen LogP contribution >= 0.6 is 12.2 Å². The average Bonchev–Trinajstić information content (AvgIpc) is 2.77. The maximum absolute atomic E-state index is 5.70. The molecule has 0 fully saturated rings. The molecule has 1 heterocycles. The molecule has 3 aromatic rings. The number of nitrogens with zero attached hydrogens (tertiary/aromatic N) is 1. The lowest BCUT2D eigenvalue weighted by atomic mass is 10.0. The highest BCUT2D eigenvalue weighted by molar-refractivity contribution is 7.80. The van der Waals surface area contributed by atoms with E-state index >= 15 is 0 Å². The van der Waals surface area contributed by atoms with Crippen molar-refractivity contribution in [3.05, 3.63) is 60.3 Å². The van der Waals surface area contributed by atoms with Gasteiger partial charge in [-0.1, -0.05) is 48.6 Å². The summed E-state index contributed by atoms with van der Waals surface area (Å²) < 4.78 is 2.14. The molecule has 2 nitrogen and oxygen atoms in total. The van der Waals surface area contributed by atoms with Gasteiger partial charge < -0.3 is 10.3 Å². The molecule has 0 amide bonds. The van der Waals surface area contributed by atoms with E-state index in [1.807, 2.05) is 18.2 Å². The number of benzene rings is 2. The molecule has 2 aromatic carbocycles. The summed E-state index contributed by atoms with van der Waals surface area (Å²) in [5.74, 6) is 0. The third-order valence-electron chi connectivity index (χ3n) is 3.36. The Bertz CT molecular complexity index is 771. The van der Waals surface area contributed by atoms with Crippen LogP contribution in [0.25, 0.3) is 22.0 Å². The van der Waals surface area contributed by atoms with Crippen molar-refractivity contribution in [3.8, 4) is 11.1 Å². The van der Waals surface area contributed by atoms with Gasteiger partial charge in [0.1, 0.15) is 4.99 Å². The highest BCUT2D eigenvalue weighted by atomic mass is 32.1. The van der Waals surface area contributed by atoms with Crippen LogP contribution in [0.15, 0.2) is 54.7 Å². The Morgan fingerprint density at radius 1 is 1.11 bits per heavy atom. The first kappa shape index (κ1) is 11.9. The third kappa shape index (κ3) is 2.02. The van der Waals surface area contributed by atoms with Crippen LogP contribution in [0.3, 0.4) is 0 Å². The van der Waals surface area contributed by atoms with E-state index in [1.54, 1.807) is 0 Å². The average molecular weight is 266 g/mol. The lowest BCUT2D eigenvalue weighted by molar-refractivity contribution is 0.970. The lowest BCUT2D eigenvalue weighted by Crippen LogP contribution is -2.08. The molecule has 3 rings (SSSR count). The fourth-order valence-electron chi connectivity index (χ4n) is 2.41. The summed E-state index contributed by atoms with van der Waals surface area (Å²) in [6, 6.07) is 16.4. The summed E-state index contributed by atoms with van der Waals surface area (Å²) in [5, 5.41) is 1.24. The fraction of sp³-hybridized carbons (Fsp3) is 0.0625. The summed E-state index contributed by atoms with van der Waals surface area (Å²) in [6.07, 6.45) is 2.14. The normalized spacial score (nSPS) is 10.8. The van der Waals surface area contributed by atoms with Crippen molar-refractivity contribution >= 4 is 28.1 Å². The van der Waals surface area contributed by atoms with Crippen molar-refractivity contribution in [2.75, 3.05) is 0 Å². The van der Waals surface area contributed by atoms with E-state index in [4.69, 9.17) is 18.0 Å². The minimum atomic E-state index is 0.432. The molecule has 0 atom stereocenters. The molecule has 0 saturated carbocycles. The van der Waals surface area contributed by atoms with Crippen LogP contribution in [-0.4, -0.2) is 9.56 Å². The monoisotopic (exact) mass is 266 g/mol. The molecule has 0 aliphatic heterocycles. The zero-order chi connectivity index (χ0) is 13.4. The third-order valence-corrected chi connectivity index (χ3v) is 3.59. The van der Waals surface area contributed by atoms with Gasteiger partial charge in [0.15, 0.2) is 0 Å². The predicted molar refractivity (Wildman–Crippen MR) is 84.2 cm³/mol. The highest BCUT2D eigenvalue weighted by Gasteiger charge is 2.08. The Morgan fingerprint density at radius 2 is 1.89 bits per heavy atom. The molecule has 2 N–H and O–H groups in total. The van der Waals surface area contributed by atoms with Crippen molar-refractivity contribution in [1.29, 1.82) is 0 Å². The second-order valence-electron chi connectivity index (χ2n) is 4.62. The molecular weight excluding hydrogens is 252 g/mol. The molecular formula is C16H14N2S. The number of para-hydroxylation sites is 1. The molecule has 0 bridgehead atoms. The topological polar surface area (TPSA) is 30.9 Å². The zero-order valence-corrected chi connectivity index (χ0v) is 11.4. The lowest BCUT2D eigenvalue weighted by Gasteiger charge is -2.03. The number of aromatic nitrogens is 1. The predicted octanol–water partition coefficient (Wildman–Crippen LogP) is 3.48. The standard InChI is InChI=1S/C16H14N2S/c1-18-10-14(13-7-2-3-8-15(13)18)11-5-4-6-12(9-11)16(17)19/h2-10H,1H3,(H2,17,19). The molecule has 94 valence electrons. The van der Waals surface area contributed by atoms with Crippen LogP contribution in [-0.2, 0) is 7.05 Å². The summed E-state index contributed by atoms with van der Waals surface area (Å²) >= 11 is 5.05. The SMILES string of the molecule is Cn1cc(-c2cccc(C(N)=S)c2)c2ccccc21. The maximum atomic E-state index is 5.70. The Labute approximate surface area is 117 Å². The Balaban J connectivity index is 2.25. The second kappa shape index (κ2) is 4.52. The molecule has 0 unspecified atom stereocenters. The number of hydrogen-bond donors (Lipinski definition) is 1. The van der Waals surface area contributed by atoms with Gasteiger partial charge in [-0.3, -0.25) is 0 Å². The molecule has 0 aliphatic carbocycles. The van der Waals surface area contributed by atoms with Gasteiger partial charge in [-0.05, 0) is 17.7 Å². The van der Waals surface area contributed by atoms with Gasteiger partial charge in [0, 0.05) is 35.3 Å². The van der Waals surface area contributed by atoms with Crippen LogP contribution in [0.1, 0.15) is 5.56 Å². The zero-order valence-electron chi connectivity index (χ0n) is 10.6. The number of rotatable bonds is 2. The van der Waals surface area contributed by atoms with E-state index in [0.29, 0.717) is 4.99 Å². The molecule has 0 spiro atoms. The van der Waals surface area contributed by atoms with Crippen molar-refractivity contribution in [3.63, 3.8) is 0 Å². The summed E-state index contributed by atoms with van der Waals surface area (Å²) in [4.78, 5) is 0.432. The quantitative estimate of drug-likeness (QED) is 0.720. The molecule has 3 heteroatoms. The van der Waals surface area contributed by atoms with E-state index in [9.17, 15) is 0 Å². The van der Waals surface area contributed by atoms with E-state index in [0.717, 1.165) is 11.1 Å². The molecule has 19 heavy (non-hydrogen) atoms. The van der Waals surface area contributed by atoms with Crippen molar-refractivity contribution in [2.45, 2.75) is 0 Å². The Hall–Kier alpha value is -2.13. The molecule has 1 aromatic heterocycles. The van der Waals surface area contributed by atoms with Gasteiger partial charge in [0.2, 0.25) is 0 Å². The largest absolute Gasteiger partial charge is 0.389 e. The molecule has 0 aliphatic rings. The van der Waals surface area contributed by atoms with E-state index in [1.165, 1.54) is 16.5 Å². The number of fused-ring (bicyclic) bond motifs is 1. The van der Waals surface area contributed by atoms with Gasteiger partial charge in [-0.15, -0.1) is 0 Å². The number of nitrogens with two attached hydrogens (primary N) is 1. The summed E-state index contributed by atoms with van der Waals surface area (Å²) in [5.41, 5.74) is 10.2. The van der Waals surface area contributed by atoms with Crippen LogP contribution in [0.2, 0.25) is 0 Å². The molecule has 0 radical (unpaired) electrons. The number of hydrogen-bond acceptors (Lipinski definition) is 1. The minimum absolute atomic E-state index is 0.432.